The zero-order valence-electron chi connectivity index (χ0n) is 15.6. The standard InChI is InChI=1S/C16H12N2O12S3/c19-11-2-1-8(31(22,23)24)5-10(11)17-18-15-13(33(28,29)30)4-7-3-9(32(25,26)27)6-12(20)14(7)16(15)21/h1-6,19-21H,(H,22,23,24)(H,25,26,27)(H,28,29,30)/p-3. The Labute approximate surface area is 185 Å². The van der Waals surface area contributed by atoms with Crippen molar-refractivity contribution in [2.24, 2.45) is 10.2 Å². The molecule has 33 heavy (non-hydrogen) atoms. The van der Waals surface area contributed by atoms with Gasteiger partial charge in [0.15, 0.2) is 5.75 Å². The second-order valence-corrected chi connectivity index (χ2v) is 10.4. The molecule has 0 radical (unpaired) electrons. The Morgan fingerprint density at radius 2 is 1.27 bits per heavy atom. The molecule has 0 saturated carbocycles. The van der Waals surface area contributed by atoms with Crippen LogP contribution in [0, 0.1) is 0 Å². The van der Waals surface area contributed by atoms with Gasteiger partial charge in [0.1, 0.15) is 53.2 Å². The minimum atomic E-state index is -5.44. The summed E-state index contributed by atoms with van der Waals surface area (Å²) in [5.74, 6) is -2.88. The number of aromatic hydroxyl groups is 3. The first-order chi connectivity index (χ1) is 15.0. The van der Waals surface area contributed by atoms with Gasteiger partial charge in [0.05, 0.1) is 20.1 Å². The maximum absolute atomic E-state index is 11.7. The summed E-state index contributed by atoms with van der Waals surface area (Å²) in [6.07, 6.45) is 0. The second kappa shape index (κ2) is 7.90. The lowest BCUT2D eigenvalue weighted by molar-refractivity contribution is 0.451. The summed E-state index contributed by atoms with van der Waals surface area (Å²) in [6, 6.07) is 3.66. The van der Waals surface area contributed by atoms with Crippen LogP contribution in [0.4, 0.5) is 11.4 Å². The summed E-state index contributed by atoms with van der Waals surface area (Å²) in [7, 11) is -15.5. The number of hydrogen-bond acceptors (Lipinski definition) is 14. The summed E-state index contributed by atoms with van der Waals surface area (Å²) in [5, 5.41) is 35.9. The van der Waals surface area contributed by atoms with E-state index in [0.29, 0.717) is 24.3 Å². The largest absolute Gasteiger partial charge is 0.744 e. The van der Waals surface area contributed by atoms with Gasteiger partial charge in [0.2, 0.25) is 0 Å². The molecular formula is C16H9N2O12S3-3. The van der Waals surface area contributed by atoms with Crippen molar-refractivity contribution >= 4 is 52.5 Å². The molecule has 3 rings (SSSR count). The van der Waals surface area contributed by atoms with Crippen LogP contribution in [-0.2, 0) is 30.4 Å². The van der Waals surface area contributed by atoms with E-state index in [0.717, 1.165) is 12.1 Å². The van der Waals surface area contributed by atoms with Crippen molar-refractivity contribution in [3.8, 4) is 17.2 Å². The van der Waals surface area contributed by atoms with Gasteiger partial charge in [0.25, 0.3) is 0 Å². The van der Waals surface area contributed by atoms with Gasteiger partial charge in [0, 0.05) is 0 Å². The van der Waals surface area contributed by atoms with Gasteiger partial charge in [-0.1, -0.05) is 0 Å². The molecule has 0 aliphatic carbocycles. The van der Waals surface area contributed by atoms with Gasteiger partial charge in [-0.15, -0.1) is 10.2 Å². The van der Waals surface area contributed by atoms with Gasteiger partial charge in [-0.05, 0) is 41.8 Å². The van der Waals surface area contributed by atoms with Gasteiger partial charge < -0.3 is 29.0 Å². The number of phenolic OH excluding ortho intramolecular Hbond substituents is 3. The number of rotatable bonds is 5. The smallest absolute Gasteiger partial charge is 0.155 e. The molecule has 14 nitrogen and oxygen atoms in total. The fourth-order valence-electron chi connectivity index (χ4n) is 2.71. The van der Waals surface area contributed by atoms with Crippen molar-refractivity contribution in [2.45, 2.75) is 14.7 Å². The van der Waals surface area contributed by atoms with Crippen molar-refractivity contribution in [3.63, 3.8) is 0 Å². The number of hydrogen-bond donors (Lipinski definition) is 3. The summed E-state index contributed by atoms with van der Waals surface area (Å²) in [5.41, 5.74) is -1.74. The Kier molecular flexibility index (Phi) is 5.82. The molecule has 3 N–H and O–H groups in total. The fraction of sp³-hybridized carbons (Fsp3) is 0. The van der Waals surface area contributed by atoms with Crippen LogP contribution >= 0.6 is 0 Å². The molecule has 0 aromatic heterocycles. The van der Waals surface area contributed by atoms with Gasteiger partial charge in [-0.2, -0.15) is 0 Å². The molecule has 0 amide bonds. The molecule has 0 bridgehead atoms. The first kappa shape index (κ1) is 24.3. The SMILES string of the molecule is O=S(=O)([O-])c1ccc(O)c(N=Nc2c(S(=O)(=O)[O-])cc3cc(S(=O)(=O)[O-])cc(O)c3c2O)c1. The van der Waals surface area contributed by atoms with Crippen molar-refractivity contribution < 1.29 is 54.2 Å². The molecule has 3 aromatic carbocycles. The van der Waals surface area contributed by atoms with E-state index >= 15 is 0 Å². The molecule has 0 aliphatic rings. The molecule has 0 aliphatic heterocycles. The first-order valence-electron chi connectivity index (χ1n) is 8.15. The maximum Gasteiger partial charge on any atom is 0.155 e. The molecule has 0 fully saturated rings. The third kappa shape index (κ3) is 4.87. The van der Waals surface area contributed by atoms with Gasteiger partial charge in [-0.25, -0.2) is 25.3 Å². The van der Waals surface area contributed by atoms with Crippen LogP contribution in [0.3, 0.4) is 0 Å². The van der Waals surface area contributed by atoms with Crippen LogP contribution in [-0.4, -0.2) is 54.2 Å². The minimum absolute atomic E-state index is 0.463. The van der Waals surface area contributed by atoms with E-state index < -0.39 is 84.4 Å². The molecule has 0 saturated heterocycles. The van der Waals surface area contributed by atoms with E-state index in [1.165, 1.54) is 0 Å². The van der Waals surface area contributed by atoms with Crippen molar-refractivity contribution in [2.75, 3.05) is 0 Å². The second-order valence-electron chi connectivity index (χ2n) is 6.33. The number of fused-ring (bicyclic) bond motifs is 1. The molecule has 0 atom stereocenters. The van der Waals surface area contributed by atoms with E-state index in [-0.39, 0.29) is 0 Å². The summed E-state index contributed by atoms with van der Waals surface area (Å²) >= 11 is 0. The third-order valence-corrected chi connectivity index (χ3v) is 6.65. The number of nitrogens with zero attached hydrogens (tertiary/aromatic N) is 2. The van der Waals surface area contributed by atoms with E-state index in [4.69, 9.17) is 0 Å². The minimum Gasteiger partial charge on any atom is -0.744 e. The highest BCUT2D eigenvalue weighted by Gasteiger charge is 2.21. The zero-order chi connectivity index (χ0) is 24.9. The Hall–Kier alpha value is -3.35. The van der Waals surface area contributed by atoms with E-state index in [9.17, 15) is 54.2 Å². The molecule has 3 aromatic rings. The summed E-state index contributed by atoms with van der Waals surface area (Å²) < 4.78 is 102. The fourth-order valence-corrected chi connectivity index (χ4v) is 4.38. The Morgan fingerprint density at radius 1 is 0.667 bits per heavy atom. The van der Waals surface area contributed by atoms with Crippen molar-refractivity contribution in [3.05, 3.63) is 36.4 Å². The van der Waals surface area contributed by atoms with Crippen LogP contribution in [0.15, 0.2) is 61.3 Å². The van der Waals surface area contributed by atoms with Gasteiger partial charge >= 0.3 is 0 Å². The lowest BCUT2D eigenvalue weighted by Gasteiger charge is -2.16. The van der Waals surface area contributed by atoms with E-state index in [1.807, 2.05) is 0 Å². The highest BCUT2D eigenvalue weighted by Crippen LogP contribution is 2.45. The van der Waals surface area contributed by atoms with Gasteiger partial charge in [-0.3, -0.25) is 0 Å². The van der Waals surface area contributed by atoms with Crippen LogP contribution in [0.5, 0.6) is 17.2 Å². The van der Waals surface area contributed by atoms with E-state index in [2.05, 4.69) is 10.2 Å². The molecular weight excluding hydrogens is 508 g/mol. The first-order valence-corrected chi connectivity index (χ1v) is 12.4. The van der Waals surface area contributed by atoms with Crippen molar-refractivity contribution in [1.29, 1.82) is 0 Å². The molecule has 17 heteroatoms. The lowest BCUT2D eigenvalue weighted by atomic mass is 10.1. The Balaban J connectivity index is 2.34. The monoisotopic (exact) mass is 517 g/mol. The number of azo groups is 1. The van der Waals surface area contributed by atoms with E-state index in [1.54, 1.807) is 0 Å². The highest BCUT2D eigenvalue weighted by atomic mass is 32.2. The average molecular weight is 517 g/mol. The van der Waals surface area contributed by atoms with Crippen LogP contribution < -0.4 is 0 Å². The summed E-state index contributed by atoms with van der Waals surface area (Å²) in [4.78, 5) is -3.09. The molecule has 0 unspecified atom stereocenters. The normalized spacial score (nSPS) is 13.1. The average Bonchev–Trinajstić information content (AvgIpc) is 2.65. The third-order valence-electron chi connectivity index (χ3n) is 4.15. The highest BCUT2D eigenvalue weighted by molar-refractivity contribution is 7.86. The molecule has 176 valence electrons. The molecule has 0 heterocycles. The Bertz CT molecular complexity index is 1660. The van der Waals surface area contributed by atoms with Crippen LogP contribution in [0.1, 0.15) is 0 Å². The van der Waals surface area contributed by atoms with Crippen LogP contribution in [0.25, 0.3) is 10.8 Å². The maximum atomic E-state index is 11.7. The quantitative estimate of drug-likeness (QED) is 0.317. The predicted molar refractivity (Wildman–Crippen MR) is 103 cm³/mol. The summed E-state index contributed by atoms with van der Waals surface area (Å²) in [6.45, 7) is 0. The predicted octanol–water partition coefficient (Wildman–Crippen LogP) is 1.08. The lowest BCUT2D eigenvalue weighted by Crippen LogP contribution is -2.01. The topological polar surface area (TPSA) is 257 Å². The van der Waals surface area contributed by atoms with Crippen molar-refractivity contribution in [1.82, 2.24) is 0 Å². The zero-order valence-corrected chi connectivity index (χ0v) is 18.0. The molecule has 0 spiro atoms. The van der Waals surface area contributed by atoms with Crippen LogP contribution in [0.2, 0.25) is 0 Å². The number of benzene rings is 3. The number of phenols is 3. The Morgan fingerprint density at radius 3 is 1.82 bits per heavy atom.